The average Bonchev–Trinajstić information content (AvgIpc) is 3.36. The van der Waals surface area contributed by atoms with Gasteiger partial charge in [0.05, 0.1) is 0 Å². The van der Waals surface area contributed by atoms with Crippen LogP contribution in [0.5, 0.6) is 0 Å². The predicted molar refractivity (Wildman–Crippen MR) is 141 cm³/mol. The largest absolute Gasteiger partial charge is 0.0654 e. The van der Waals surface area contributed by atoms with Crippen LogP contribution in [0.3, 0.4) is 0 Å². The summed E-state index contributed by atoms with van der Waals surface area (Å²) in [5, 5.41) is 0. The van der Waals surface area contributed by atoms with Gasteiger partial charge in [0.15, 0.2) is 0 Å². The van der Waals surface area contributed by atoms with E-state index in [-0.39, 0.29) is 0 Å². The molecule has 0 bridgehead atoms. The van der Waals surface area contributed by atoms with Gasteiger partial charge in [-0.25, -0.2) is 0 Å². The Morgan fingerprint density at radius 1 is 0.545 bits per heavy atom. The highest BCUT2D eigenvalue weighted by Gasteiger charge is 2.17. The maximum atomic E-state index is 3.45. The Labute approximate surface area is 200 Å². The smallest absolute Gasteiger partial charge is 0.0284 e. The van der Waals surface area contributed by atoms with Crippen molar-refractivity contribution in [1.82, 2.24) is 0 Å². The molecule has 0 N–H and O–H groups in total. The summed E-state index contributed by atoms with van der Waals surface area (Å²) in [5.74, 6) is 13.7. The van der Waals surface area contributed by atoms with Gasteiger partial charge in [0.2, 0.25) is 0 Å². The highest BCUT2D eigenvalue weighted by atomic mass is 14.2. The fraction of sp³-hybridized carbons (Fsp3) is 0.333. The maximum absolute atomic E-state index is 3.45. The lowest BCUT2D eigenvalue weighted by Gasteiger charge is -2.05. The molecule has 0 radical (unpaired) electrons. The predicted octanol–water partition coefficient (Wildman–Crippen LogP) is 7.66. The van der Waals surface area contributed by atoms with Crippen LogP contribution in [0, 0.1) is 23.7 Å². The molecular formula is C33H34. The Hall–Kier alpha value is -3.22. The third kappa shape index (κ3) is 6.18. The Kier molecular flexibility index (Phi) is 8.06. The molecule has 4 rings (SSSR count). The van der Waals surface area contributed by atoms with Crippen molar-refractivity contribution in [2.75, 3.05) is 0 Å². The molecule has 0 spiro atoms. The van der Waals surface area contributed by atoms with Crippen LogP contribution >= 0.6 is 0 Å². The van der Waals surface area contributed by atoms with Gasteiger partial charge in [-0.2, -0.15) is 0 Å². The summed E-state index contributed by atoms with van der Waals surface area (Å²) in [6.45, 7) is 4.47. The monoisotopic (exact) mass is 430 g/mol. The molecule has 0 aliphatic heterocycles. The van der Waals surface area contributed by atoms with Crippen molar-refractivity contribution in [3.05, 3.63) is 105 Å². The zero-order valence-corrected chi connectivity index (χ0v) is 20.1. The van der Waals surface area contributed by atoms with Gasteiger partial charge in [-0.1, -0.05) is 74.6 Å². The molecule has 0 saturated carbocycles. The minimum absolute atomic E-state index is 1.09. The average molecular weight is 431 g/mol. The number of aryl methyl sites for hydroxylation is 2. The fourth-order valence-corrected chi connectivity index (χ4v) is 4.49. The molecule has 3 aromatic rings. The maximum Gasteiger partial charge on any atom is 0.0284 e. The van der Waals surface area contributed by atoms with Crippen LogP contribution in [0.4, 0.5) is 0 Å². The van der Waals surface area contributed by atoms with Crippen molar-refractivity contribution in [3.63, 3.8) is 0 Å². The summed E-state index contributed by atoms with van der Waals surface area (Å²) in [5.41, 5.74) is 10.1. The quantitative estimate of drug-likeness (QED) is 0.352. The number of rotatable bonds is 6. The van der Waals surface area contributed by atoms with Crippen LogP contribution in [-0.4, -0.2) is 0 Å². The number of hydrogen-bond acceptors (Lipinski definition) is 0. The molecule has 0 heteroatoms. The van der Waals surface area contributed by atoms with E-state index in [0.29, 0.717) is 0 Å². The zero-order valence-electron chi connectivity index (χ0n) is 20.1. The Morgan fingerprint density at radius 3 is 1.36 bits per heavy atom. The molecule has 1 aliphatic carbocycles. The van der Waals surface area contributed by atoms with Crippen molar-refractivity contribution >= 4 is 0 Å². The third-order valence-electron chi connectivity index (χ3n) is 6.51. The van der Waals surface area contributed by atoms with Crippen LogP contribution < -0.4 is 0 Å². The highest BCUT2D eigenvalue weighted by molar-refractivity contribution is 5.58. The van der Waals surface area contributed by atoms with E-state index in [4.69, 9.17) is 0 Å². The molecule has 0 aromatic heterocycles. The first-order valence-electron chi connectivity index (χ1n) is 12.6. The van der Waals surface area contributed by atoms with Crippen LogP contribution in [0.25, 0.3) is 0 Å². The van der Waals surface area contributed by atoms with E-state index >= 15 is 0 Å². The van der Waals surface area contributed by atoms with Crippen molar-refractivity contribution in [2.24, 2.45) is 0 Å². The van der Waals surface area contributed by atoms with Crippen LogP contribution in [-0.2, 0) is 25.7 Å². The second kappa shape index (κ2) is 11.6. The Bertz CT molecular complexity index is 1090. The summed E-state index contributed by atoms with van der Waals surface area (Å²) in [7, 11) is 0. The van der Waals surface area contributed by atoms with Crippen molar-refractivity contribution in [2.45, 2.75) is 71.6 Å². The lowest BCUT2D eigenvalue weighted by molar-refractivity contribution is 0.795. The molecule has 0 amide bonds. The topological polar surface area (TPSA) is 0 Å². The van der Waals surface area contributed by atoms with Crippen molar-refractivity contribution < 1.29 is 0 Å². The number of hydrogen-bond donors (Lipinski definition) is 0. The van der Waals surface area contributed by atoms with Gasteiger partial charge >= 0.3 is 0 Å². The lowest BCUT2D eigenvalue weighted by Crippen LogP contribution is -1.93. The molecule has 0 nitrogen and oxygen atoms in total. The Morgan fingerprint density at radius 2 is 0.970 bits per heavy atom. The second-order valence-corrected chi connectivity index (χ2v) is 9.07. The van der Waals surface area contributed by atoms with E-state index in [0.717, 1.165) is 36.8 Å². The van der Waals surface area contributed by atoms with Gasteiger partial charge in [-0.15, -0.1) is 0 Å². The number of benzene rings is 3. The second-order valence-electron chi connectivity index (χ2n) is 9.07. The highest BCUT2D eigenvalue weighted by Crippen LogP contribution is 2.28. The van der Waals surface area contributed by atoms with E-state index in [2.05, 4.69) is 98.2 Å². The van der Waals surface area contributed by atoms with E-state index in [1.54, 1.807) is 0 Å². The molecule has 3 aromatic carbocycles. The summed E-state index contributed by atoms with van der Waals surface area (Å²) >= 11 is 0. The molecule has 0 atom stereocenters. The standard InChI is InChI=1S/C33H34/c1-3-5-8-26-12-16-28(17-13-26)20-22-30-24-25-31(33-11-7-10-32(30)33)23-21-29-18-14-27(15-19-29)9-6-4-2/h12-19,24-25H,3-11H2,1-2H3. The summed E-state index contributed by atoms with van der Waals surface area (Å²) in [6.07, 6.45) is 10.7. The van der Waals surface area contributed by atoms with Gasteiger partial charge in [-0.3, -0.25) is 0 Å². The molecule has 166 valence electrons. The van der Waals surface area contributed by atoms with Crippen LogP contribution in [0.2, 0.25) is 0 Å². The molecule has 0 fully saturated rings. The zero-order chi connectivity index (χ0) is 22.9. The van der Waals surface area contributed by atoms with Gasteiger partial charge in [0, 0.05) is 22.3 Å². The van der Waals surface area contributed by atoms with Crippen molar-refractivity contribution in [3.8, 4) is 23.7 Å². The van der Waals surface area contributed by atoms with Crippen molar-refractivity contribution in [1.29, 1.82) is 0 Å². The normalized spacial score (nSPS) is 11.8. The third-order valence-corrected chi connectivity index (χ3v) is 6.51. The van der Waals surface area contributed by atoms with Crippen LogP contribution in [0.1, 0.15) is 90.5 Å². The molecule has 33 heavy (non-hydrogen) atoms. The summed E-state index contributed by atoms with van der Waals surface area (Å²) in [4.78, 5) is 0. The van der Waals surface area contributed by atoms with Gasteiger partial charge in [0.25, 0.3) is 0 Å². The Balaban J connectivity index is 1.50. The van der Waals surface area contributed by atoms with Gasteiger partial charge in [-0.05, 0) is 104 Å². The molecule has 1 aliphatic rings. The summed E-state index contributed by atoms with van der Waals surface area (Å²) in [6, 6.07) is 21.9. The molecule has 0 unspecified atom stereocenters. The molecule has 0 saturated heterocycles. The van der Waals surface area contributed by atoms with E-state index in [1.807, 2.05) is 0 Å². The SMILES string of the molecule is CCCCc1ccc(C#Cc2ccc(C#Cc3ccc(CCCC)cc3)c3c2CCC3)cc1. The number of unbranched alkanes of at least 4 members (excludes halogenated alkanes) is 2. The van der Waals surface area contributed by atoms with E-state index in [9.17, 15) is 0 Å². The first-order chi connectivity index (χ1) is 16.3. The van der Waals surface area contributed by atoms with E-state index < -0.39 is 0 Å². The minimum Gasteiger partial charge on any atom is -0.0654 e. The fourth-order valence-electron chi connectivity index (χ4n) is 4.49. The lowest BCUT2D eigenvalue weighted by atomic mass is 9.98. The van der Waals surface area contributed by atoms with Gasteiger partial charge in [0.1, 0.15) is 0 Å². The minimum atomic E-state index is 1.09. The molecule has 0 heterocycles. The summed E-state index contributed by atoms with van der Waals surface area (Å²) < 4.78 is 0. The number of fused-ring (bicyclic) bond motifs is 1. The van der Waals surface area contributed by atoms with E-state index in [1.165, 1.54) is 65.5 Å². The first kappa shape index (κ1) is 23.0. The first-order valence-corrected chi connectivity index (χ1v) is 12.6. The molecular weight excluding hydrogens is 396 g/mol. The van der Waals surface area contributed by atoms with Crippen LogP contribution in [0.15, 0.2) is 60.7 Å². The van der Waals surface area contributed by atoms with Gasteiger partial charge < -0.3 is 0 Å².